The van der Waals surface area contributed by atoms with Gasteiger partial charge in [0.1, 0.15) is 0 Å². The number of aryl methyl sites for hydroxylation is 1. The van der Waals surface area contributed by atoms with Gasteiger partial charge in [-0.1, -0.05) is 61.3 Å². The van der Waals surface area contributed by atoms with Crippen LogP contribution in [0.15, 0.2) is 48.5 Å². The third-order valence-electron chi connectivity index (χ3n) is 3.51. The van der Waals surface area contributed by atoms with Gasteiger partial charge in [0.25, 0.3) is 0 Å². The van der Waals surface area contributed by atoms with Crippen LogP contribution in [0.1, 0.15) is 37.0 Å². The molecule has 0 amide bonds. The van der Waals surface area contributed by atoms with E-state index >= 15 is 0 Å². The molecule has 0 saturated carbocycles. The predicted octanol–water partition coefficient (Wildman–Crippen LogP) is 4.51. The highest BCUT2D eigenvalue weighted by atomic mass is 35.5. The van der Waals surface area contributed by atoms with Gasteiger partial charge in [0.15, 0.2) is 0 Å². The topological polar surface area (TPSA) is 26.0 Å². The molecule has 0 aromatic heterocycles. The lowest BCUT2D eigenvalue weighted by Crippen LogP contribution is -2.34. The van der Waals surface area contributed by atoms with Crippen LogP contribution in [0.5, 0.6) is 0 Å². The van der Waals surface area contributed by atoms with Crippen LogP contribution >= 0.6 is 11.6 Å². The minimum absolute atomic E-state index is 0.492. The van der Waals surface area contributed by atoms with Gasteiger partial charge in [-0.05, 0) is 42.2 Å². The Morgan fingerprint density at radius 2 is 1.74 bits per heavy atom. The van der Waals surface area contributed by atoms with Crippen molar-refractivity contribution in [1.29, 1.82) is 0 Å². The van der Waals surface area contributed by atoms with Crippen molar-refractivity contribution in [3.05, 3.63) is 70.2 Å². The van der Waals surface area contributed by atoms with Gasteiger partial charge >= 0.3 is 0 Å². The van der Waals surface area contributed by atoms with Gasteiger partial charge in [0.05, 0.1) is 5.54 Å². The van der Waals surface area contributed by atoms with E-state index in [-0.39, 0.29) is 0 Å². The van der Waals surface area contributed by atoms with Crippen LogP contribution in [0, 0.1) is 0 Å². The van der Waals surface area contributed by atoms with Crippen LogP contribution in [0.3, 0.4) is 0 Å². The molecule has 0 bridgehead atoms. The van der Waals surface area contributed by atoms with Crippen molar-refractivity contribution in [2.45, 2.75) is 32.2 Å². The zero-order chi connectivity index (χ0) is 13.9. The lowest BCUT2D eigenvalue weighted by molar-refractivity contribution is 0.602. The summed E-state index contributed by atoms with van der Waals surface area (Å²) < 4.78 is 0. The van der Waals surface area contributed by atoms with Crippen molar-refractivity contribution in [2.24, 2.45) is 5.73 Å². The summed E-state index contributed by atoms with van der Waals surface area (Å²) in [6.45, 7) is 4.23. The summed E-state index contributed by atoms with van der Waals surface area (Å²) in [5.74, 6) is 0. The minimum atomic E-state index is -0.492. The van der Waals surface area contributed by atoms with E-state index in [1.165, 1.54) is 5.56 Å². The Kier molecular flexibility index (Phi) is 4.28. The van der Waals surface area contributed by atoms with Crippen LogP contribution < -0.4 is 5.73 Å². The van der Waals surface area contributed by atoms with Gasteiger partial charge < -0.3 is 5.73 Å². The van der Waals surface area contributed by atoms with E-state index in [1.807, 2.05) is 31.2 Å². The SMILES string of the molecule is CCCc1cccc(C(C)(N)c2ccc(Cl)cc2)c1. The Bertz CT molecular complexity index is 543. The number of nitrogens with two attached hydrogens (primary N) is 1. The number of rotatable bonds is 4. The predicted molar refractivity (Wildman–Crippen MR) is 82.5 cm³/mol. The maximum absolute atomic E-state index is 6.53. The number of hydrogen-bond acceptors (Lipinski definition) is 1. The molecule has 0 saturated heterocycles. The maximum Gasteiger partial charge on any atom is 0.0637 e. The summed E-state index contributed by atoms with van der Waals surface area (Å²) in [6.07, 6.45) is 2.23. The van der Waals surface area contributed by atoms with Gasteiger partial charge in [-0.15, -0.1) is 0 Å². The number of halogens is 1. The Morgan fingerprint density at radius 1 is 1.05 bits per heavy atom. The van der Waals surface area contributed by atoms with E-state index in [2.05, 4.69) is 31.2 Å². The normalized spacial score (nSPS) is 14.1. The summed E-state index contributed by atoms with van der Waals surface area (Å²) in [5.41, 5.74) is 9.59. The fraction of sp³-hybridized carbons (Fsp3) is 0.294. The monoisotopic (exact) mass is 273 g/mol. The molecule has 0 aliphatic heterocycles. The fourth-order valence-corrected chi connectivity index (χ4v) is 2.43. The second-order valence-electron chi connectivity index (χ2n) is 5.16. The van der Waals surface area contributed by atoms with Crippen LogP contribution in [0.4, 0.5) is 0 Å². The summed E-state index contributed by atoms with van der Waals surface area (Å²) in [4.78, 5) is 0. The first kappa shape index (κ1) is 14.1. The molecule has 19 heavy (non-hydrogen) atoms. The highest BCUT2D eigenvalue weighted by Crippen LogP contribution is 2.28. The molecule has 1 unspecified atom stereocenters. The second kappa shape index (κ2) is 5.77. The van der Waals surface area contributed by atoms with Gasteiger partial charge in [-0.25, -0.2) is 0 Å². The van der Waals surface area contributed by atoms with Crippen molar-refractivity contribution >= 4 is 11.6 Å². The molecule has 0 fully saturated rings. The average Bonchev–Trinajstić information content (AvgIpc) is 2.40. The number of benzene rings is 2. The molecule has 1 nitrogen and oxygen atoms in total. The van der Waals surface area contributed by atoms with E-state index in [0.29, 0.717) is 0 Å². The first-order chi connectivity index (χ1) is 9.04. The minimum Gasteiger partial charge on any atom is -0.318 e. The smallest absolute Gasteiger partial charge is 0.0637 e. The van der Waals surface area contributed by atoms with Crippen LogP contribution in [-0.4, -0.2) is 0 Å². The number of hydrogen-bond donors (Lipinski definition) is 1. The average molecular weight is 274 g/mol. The molecule has 2 aromatic carbocycles. The molecule has 2 aromatic rings. The lowest BCUT2D eigenvalue weighted by Gasteiger charge is -2.26. The molecule has 0 spiro atoms. The summed E-state index contributed by atoms with van der Waals surface area (Å²) in [7, 11) is 0. The van der Waals surface area contributed by atoms with E-state index in [0.717, 1.165) is 29.0 Å². The molecular weight excluding hydrogens is 254 g/mol. The highest BCUT2D eigenvalue weighted by molar-refractivity contribution is 6.30. The Morgan fingerprint density at radius 3 is 2.37 bits per heavy atom. The van der Waals surface area contributed by atoms with E-state index in [9.17, 15) is 0 Å². The largest absolute Gasteiger partial charge is 0.318 e. The van der Waals surface area contributed by atoms with Crippen molar-refractivity contribution in [3.63, 3.8) is 0 Å². The summed E-state index contributed by atoms with van der Waals surface area (Å²) in [6, 6.07) is 16.3. The van der Waals surface area contributed by atoms with Gasteiger partial charge in [0.2, 0.25) is 0 Å². The third kappa shape index (κ3) is 3.17. The lowest BCUT2D eigenvalue weighted by atomic mass is 9.85. The zero-order valence-corrected chi connectivity index (χ0v) is 12.2. The first-order valence-corrected chi connectivity index (χ1v) is 7.06. The zero-order valence-electron chi connectivity index (χ0n) is 11.5. The Labute approximate surface area is 120 Å². The second-order valence-corrected chi connectivity index (χ2v) is 5.60. The van der Waals surface area contributed by atoms with Crippen molar-refractivity contribution in [1.82, 2.24) is 0 Å². The highest BCUT2D eigenvalue weighted by Gasteiger charge is 2.23. The standard InChI is InChI=1S/C17H20ClN/c1-3-5-13-6-4-7-15(12-13)17(2,19)14-8-10-16(18)11-9-14/h4,6-12H,3,5,19H2,1-2H3. The van der Waals surface area contributed by atoms with E-state index < -0.39 is 5.54 Å². The summed E-state index contributed by atoms with van der Waals surface area (Å²) in [5, 5.41) is 0.735. The van der Waals surface area contributed by atoms with Crippen LogP contribution in [0.2, 0.25) is 5.02 Å². The van der Waals surface area contributed by atoms with E-state index in [1.54, 1.807) is 0 Å². The molecule has 0 radical (unpaired) electrons. The van der Waals surface area contributed by atoms with Crippen molar-refractivity contribution in [3.8, 4) is 0 Å². The summed E-state index contributed by atoms with van der Waals surface area (Å²) >= 11 is 5.93. The molecule has 2 N–H and O–H groups in total. The molecule has 2 heteroatoms. The third-order valence-corrected chi connectivity index (χ3v) is 3.76. The molecule has 1 atom stereocenters. The quantitative estimate of drug-likeness (QED) is 0.871. The van der Waals surface area contributed by atoms with Gasteiger partial charge in [-0.2, -0.15) is 0 Å². The molecular formula is C17H20ClN. The van der Waals surface area contributed by atoms with Crippen LogP contribution in [0.25, 0.3) is 0 Å². The van der Waals surface area contributed by atoms with Gasteiger partial charge in [-0.3, -0.25) is 0 Å². The Hall–Kier alpha value is -1.31. The molecule has 0 aliphatic rings. The molecule has 2 rings (SSSR count). The Balaban J connectivity index is 2.37. The van der Waals surface area contributed by atoms with Gasteiger partial charge in [0, 0.05) is 5.02 Å². The molecule has 0 heterocycles. The van der Waals surface area contributed by atoms with E-state index in [4.69, 9.17) is 17.3 Å². The fourth-order valence-electron chi connectivity index (χ4n) is 2.30. The first-order valence-electron chi connectivity index (χ1n) is 6.68. The van der Waals surface area contributed by atoms with Crippen molar-refractivity contribution < 1.29 is 0 Å². The molecule has 0 aliphatic carbocycles. The van der Waals surface area contributed by atoms with Crippen LogP contribution in [-0.2, 0) is 12.0 Å². The maximum atomic E-state index is 6.53. The van der Waals surface area contributed by atoms with Crippen molar-refractivity contribution in [2.75, 3.05) is 0 Å². The molecule has 100 valence electrons.